The van der Waals surface area contributed by atoms with Gasteiger partial charge in [0.05, 0.1) is 12.7 Å². The number of benzene rings is 2. The van der Waals surface area contributed by atoms with Crippen LogP contribution in [0.5, 0.6) is 0 Å². The van der Waals surface area contributed by atoms with Crippen molar-refractivity contribution in [3.8, 4) is 0 Å². The Morgan fingerprint density at radius 2 is 1.70 bits per heavy atom. The minimum atomic E-state index is -0.418. The van der Waals surface area contributed by atoms with Crippen molar-refractivity contribution in [2.24, 2.45) is 0 Å². The van der Waals surface area contributed by atoms with Crippen molar-refractivity contribution in [2.75, 3.05) is 38.6 Å². The van der Waals surface area contributed by atoms with Crippen LogP contribution in [0.15, 0.2) is 48.5 Å². The number of urea groups is 1. The Balaban J connectivity index is 1.50. The fourth-order valence-corrected chi connectivity index (χ4v) is 2.99. The zero-order chi connectivity index (χ0) is 19.2. The van der Waals surface area contributed by atoms with Gasteiger partial charge in [-0.1, -0.05) is 18.2 Å². The first-order valence-electron chi connectivity index (χ1n) is 8.77. The van der Waals surface area contributed by atoms with Crippen LogP contribution in [0, 0.1) is 5.82 Å². The highest BCUT2D eigenvalue weighted by atomic mass is 19.1. The number of esters is 1. The molecule has 1 aliphatic heterocycles. The van der Waals surface area contributed by atoms with Crippen molar-refractivity contribution < 1.29 is 18.7 Å². The van der Waals surface area contributed by atoms with E-state index < -0.39 is 5.97 Å². The highest BCUT2D eigenvalue weighted by Crippen LogP contribution is 2.14. The summed E-state index contributed by atoms with van der Waals surface area (Å²) in [6, 6.07) is 13.1. The van der Waals surface area contributed by atoms with Crippen LogP contribution in [0.2, 0.25) is 0 Å². The molecule has 0 aliphatic carbocycles. The normalized spacial score (nSPS) is 14.7. The van der Waals surface area contributed by atoms with Crippen LogP contribution in [0.25, 0.3) is 0 Å². The van der Waals surface area contributed by atoms with Crippen LogP contribution in [-0.4, -0.2) is 55.1 Å². The van der Waals surface area contributed by atoms with Gasteiger partial charge in [-0.3, -0.25) is 4.90 Å². The van der Waals surface area contributed by atoms with Crippen LogP contribution in [-0.2, 0) is 11.3 Å². The molecule has 27 heavy (non-hydrogen) atoms. The smallest absolute Gasteiger partial charge is 0.337 e. The van der Waals surface area contributed by atoms with Gasteiger partial charge in [0.15, 0.2) is 0 Å². The number of nitrogens with zero attached hydrogens (tertiary/aromatic N) is 2. The van der Waals surface area contributed by atoms with E-state index in [-0.39, 0.29) is 11.8 Å². The molecule has 3 rings (SSSR count). The molecule has 0 unspecified atom stereocenters. The Bertz CT molecular complexity index is 802. The molecule has 2 aromatic rings. The molecule has 0 spiro atoms. The lowest BCUT2D eigenvalue weighted by Crippen LogP contribution is -2.49. The number of ether oxygens (including phenoxy) is 1. The summed E-state index contributed by atoms with van der Waals surface area (Å²) in [5, 5.41) is 2.83. The van der Waals surface area contributed by atoms with Gasteiger partial charge >= 0.3 is 12.0 Å². The predicted molar refractivity (Wildman–Crippen MR) is 100 cm³/mol. The number of carbonyl (C=O) groups is 2. The number of halogens is 1. The van der Waals surface area contributed by atoms with E-state index in [0.717, 1.165) is 0 Å². The maximum absolute atomic E-state index is 13.8. The largest absolute Gasteiger partial charge is 0.465 e. The van der Waals surface area contributed by atoms with E-state index in [9.17, 15) is 14.0 Å². The average Bonchev–Trinajstić information content (AvgIpc) is 2.70. The quantitative estimate of drug-likeness (QED) is 0.840. The molecular formula is C20H22FN3O3. The number of methoxy groups -OCH3 is 1. The zero-order valence-corrected chi connectivity index (χ0v) is 15.2. The second-order valence-electron chi connectivity index (χ2n) is 6.35. The predicted octanol–water partition coefficient (Wildman–Crippen LogP) is 2.96. The highest BCUT2D eigenvalue weighted by Gasteiger charge is 2.21. The van der Waals surface area contributed by atoms with E-state index in [1.54, 1.807) is 41.3 Å². The molecule has 1 fully saturated rings. The minimum absolute atomic E-state index is 0.189. The number of hydrogen-bond acceptors (Lipinski definition) is 4. The fourth-order valence-electron chi connectivity index (χ4n) is 2.99. The number of hydrogen-bond donors (Lipinski definition) is 1. The van der Waals surface area contributed by atoms with Crippen molar-refractivity contribution in [2.45, 2.75) is 6.54 Å². The van der Waals surface area contributed by atoms with Crippen molar-refractivity contribution in [3.63, 3.8) is 0 Å². The van der Waals surface area contributed by atoms with Crippen LogP contribution < -0.4 is 5.32 Å². The summed E-state index contributed by atoms with van der Waals surface area (Å²) in [5.41, 5.74) is 1.71. The Morgan fingerprint density at radius 1 is 1.04 bits per heavy atom. The number of rotatable bonds is 4. The molecule has 1 N–H and O–H groups in total. The lowest BCUT2D eigenvalue weighted by molar-refractivity contribution is 0.0600. The first kappa shape index (κ1) is 18.8. The van der Waals surface area contributed by atoms with Crippen molar-refractivity contribution >= 4 is 17.7 Å². The van der Waals surface area contributed by atoms with E-state index in [4.69, 9.17) is 0 Å². The van der Waals surface area contributed by atoms with E-state index in [2.05, 4.69) is 15.0 Å². The molecule has 0 radical (unpaired) electrons. The highest BCUT2D eigenvalue weighted by molar-refractivity contribution is 5.92. The monoisotopic (exact) mass is 371 g/mol. The molecule has 0 saturated carbocycles. The second-order valence-corrected chi connectivity index (χ2v) is 6.35. The van der Waals surface area contributed by atoms with Gasteiger partial charge in [-0.15, -0.1) is 0 Å². The second kappa shape index (κ2) is 8.64. The molecule has 0 aromatic heterocycles. The number of piperazine rings is 1. The van der Waals surface area contributed by atoms with Crippen LogP contribution >= 0.6 is 0 Å². The lowest BCUT2D eigenvalue weighted by atomic mass is 10.2. The average molecular weight is 371 g/mol. The molecule has 142 valence electrons. The van der Waals surface area contributed by atoms with Crippen molar-refractivity contribution in [1.29, 1.82) is 0 Å². The Hall–Kier alpha value is -2.93. The van der Waals surface area contributed by atoms with Gasteiger partial charge in [-0.2, -0.15) is 0 Å². The maximum atomic E-state index is 13.8. The minimum Gasteiger partial charge on any atom is -0.465 e. The molecule has 7 heteroatoms. The molecule has 2 amide bonds. The summed E-state index contributed by atoms with van der Waals surface area (Å²) in [6.07, 6.45) is 0. The lowest BCUT2D eigenvalue weighted by Gasteiger charge is -2.34. The van der Waals surface area contributed by atoms with Gasteiger partial charge in [0, 0.05) is 44.0 Å². The van der Waals surface area contributed by atoms with E-state index in [0.29, 0.717) is 49.5 Å². The molecule has 1 saturated heterocycles. The van der Waals surface area contributed by atoms with Crippen molar-refractivity contribution in [1.82, 2.24) is 9.80 Å². The third-order valence-corrected chi connectivity index (χ3v) is 4.57. The summed E-state index contributed by atoms with van der Waals surface area (Å²) < 4.78 is 18.4. The van der Waals surface area contributed by atoms with E-state index >= 15 is 0 Å². The SMILES string of the molecule is COC(=O)c1ccc(NC(=O)N2CCN(Cc3ccccc3F)CC2)cc1. The fraction of sp³-hybridized carbons (Fsp3) is 0.300. The number of anilines is 1. The summed E-state index contributed by atoms with van der Waals surface area (Å²) in [7, 11) is 1.32. The molecular weight excluding hydrogens is 349 g/mol. The zero-order valence-electron chi connectivity index (χ0n) is 15.2. The van der Waals surface area contributed by atoms with E-state index in [1.165, 1.54) is 13.2 Å². The Labute approximate surface area is 157 Å². The maximum Gasteiger partial charge on any atom is 0.337 e. The van der Waals surface area contributed by atoms with Crippen LogP contribution in [0.3, 0.4) is 0 Å². The molecule has 1 heterocycles. The first-order chi connectivity index (χ1) is 13.1. The van der Waals surface area contributed by atoms with Gasteiger partial charge in [-0.05, 0) is 30.3 Å². The van der Waals surface area contributed by atoms with Crippen molar-refractivity contribution in [3.05, 3.63) is 65.5 Å². The molecule has 1 aliphatic rings. The van der Waals surface area contributed by atoms with E-state index in [1.807, 2.05) is 6.07 Å². The molecule has 0 bridgehead atoms. The van der Waals surface area contributed by atoms with Crippen LogP contribution in [0.4, 0.5) is 14.9 Å². The van der Waals surface area contributed by atoms with Gasteiger partial charge < -0.3 is 15.0 Å². The van der Waals surface area contributed by atoms with Gasteiger partial charge in [0.2, 0.25) is 0 Å². The summed E-state index contributed by atoms with van der Waals surface area (Å²) >= 11 is 0. The molecule has 2 aromatic carbocycles. The Morgan fingerprint density at radius 3 is 2.33 bits per heavy atom. The third kappa shape index (κ3) is 4.83. The molecule has 6 nitrogen and oxygen atoms in total. The van der Waals surface area contributed by atoms with Crippen LogP contribution in [0.1, 0.15) is 15.9 Å². The topological polar surface area (TPSA) is 61.9 Å². The third-order valence-electron chi connectivity index (χ3n) is 4.57. The standard InChI is InChI=1S/C20H22FN3O3/c1-27-19(25)15-6-8-17(9-7-15)22-20(26)24-12-10-23(11-13-24)14-16-4-2-3-5-18(16)21/h2-9H,10-14H2,1H3,(H,22,26). The van der Waals surface area contributed by atoms with Gasteiger partial charge in [0.1, 0.15) is 5.82 Å². The molecule has 0 atom stereocenters. The summed E-state index contributed by atoms with van der Waals surface area (Å²) in [6.45, 7) is 3.05. The van der Waals surface area contributed by atoms with Gasteiger partial charge in [-0.25, -0.2) is 14.0 Å². The first-order valence-corrected chi connectivity index (χ1v) is 8.77. The Kier molecular flexibility index (Phi) is 6.03. The summed E-state index contributed by atoms with van der Waals surface area (Å²) in [5.74, 6) is -0.619. The number of nitrogens with one attached hydrogen (secondary N) is 1. The number of amides is 2. The number of carbonyl (C=O) groups excluding carboxylic acids is 2. The summed E-state index contributed by atoms with van der Waals surface area (Å²) in [4.78, 5) is 27.7. The van der Waals surface area contributed by atoms with Gasteiger partial charge in [0.25, 0.3) is 0 Å².